The molecular weight excluding hydrogens is 461 g/mol. The molecule has 0 saturated heterocycles. The molecule has 3 aromatic carbocycles. The summed E-state index contributed by atoms with van der Waals surface area (Å²) in [6.07, 6.45) is 0.130. The summed E-state index contributed by atoms with van der Waals surface area (Å²) in [4.78, 5) is 21.6. The van der Waals surface area contributed by atoms with Gasteiger partial charge < -0.3 is 24.9 Å². The van der Waals surface area contributed by atoms with Crippen LogP contribution < -0.4 is 4.74 Å². The number of carboxylic acids is 1. The zero-order chi connectivity index (χ0) is 25.2. The van der Waals surface area contributed by atoms with Crippen molar-refractivity contribution >= 4 is 16.9 Å². The topological polar surface area (TPSA) is 111 Å². The van der Waals surface area contributed by atoms with Crippen LogP contribution >= 0.6 is 0 Å². The van der Waals surface area contributed by atoms with E-state index in [1.165, 1.54) is 0 Å². The van der Waals surface area contributed by atoms with E-state index in [1.807, 2.05) is 55.6 Å². The number of aryl methyl sites for hydroxylation is 1. The van der Waals surface area contributed by atoms with Gasteiger partial charge in [0.2, 0.25) is 6.17 Å². The molecule has 0 spiro atoms. The fourth-order valence-corrected chi connectivity index (χ4v) is 4.19. The third kappa shape index (κ3) is 4.71. The number of aliphatic hydroxyl groups excluding tert-OH is 1. The Morgan fingerprint density at radius 1 is 1.11 bits per heavy atom. The minimum Gasteiger partial charge on any atom is -0.479 e. The number of ether oxygens (including phenoxy) is 1. The summed E-state index contributed by atoms with van der Waals surface area (Å²) >= 11 is 0. The Kier molecular flexibility index (Phi) is 6.26. The maximum atomic E-state index is 13.6. The number of H-pyrrole nitrogens is 2. The summed E-state index contributed by atoms with van der Waals surface area (Å²) in [5.41, 5.74) is 4.31. The second-order valence-electron chi connectivity index (χ2n) is 8.60. The van der Waals surface area contributed by atoms with Crippen molar-refractivity contribution in [3.63, 3.8) is 0 Å². The number of hydrogen-bond acceptors (Lipinski definition) is 4. The monoisotopic (exact) mass is 485 g/mol. The summed E-state index contributed by atoms with van der Waals surface area (Å²) < 4.78 is 19.8. The molecule has 182 valence electrons. The molecular formula is C28H24FN3O4. The molecule has 0 radical (unpaired) electrons. The molecule has 5 rings (SSSR count). The van der Waals surface area contributed by atoms with Crippen molar-refractivity contribution in [2.24, 2.45) is 0 Å². The molecule has 0 aliphatic rings. The van der Waals surface area contributed by atoms with Crippen LogP contribution in [-0.2, 0) is 11.2 Å². The molecule has 5 aromatic rings. The Morgan fingerprint density at radius 3 is 2.78 bits per heavy atom. The fraction of sp³-hybridized carbons (Fsp3) is 0.143. The number of aliphatic hydroxyl groups is 1. The van der Waals surface area contributed by atoms with E-state index in [-0.39, 0.29) is 6.42 Å². The van der Waals surface area contributed by atoms with E-state index in [0.29, 0.717) is 28.4 Å². The fourth-order valence-electron chi connectivity index (χ4n) is 4.19. The summed E-state index contributed by atoms with van der Waals surface area (Å²) in [5.74, 6) is 0.452. The second kappa shape index (κ2) is 9.67. The highest BCUT2D eigenvalue weighted by atomic mass is 19.1. The first-order valence-corrected chi connectivity index (χ1v) is 11.4. The van der Waals surface area contributed by atoms with Crippen LogP contribution in [0.15, 0.2) is 79.1 Å². The van der Waals surface area contributed by atoms with Crippen LogP contribution in [0.2, 0.25) is 0 Å². The quantitative estimate of drug-likeness (QED) is 0.225. The van der Waals surface area contributed by atoms with Gasteiger partial charge in [0.15, 0.2) is 0 Å². The number of aliphatic carboxylic acids is 1. The average Bonchev–Trinajstić information content (AvgIpc) is 3.56. The minimum atomic E-state index is -2.00. The van der Waals surface area contributed by atoms with Crippen LogP contribution in [0.4, 0.5) is 4.39 Å². The lowest BCUT2D eigenvalue weighted by Crippen LogP contribution is -2.17. The van der Waals surface area contributed by atoms with Gasteiger partial charge >= 0.3 is 5.97 Å². The SMILES string of the molecule is Cc1c(Oc2cccc(-c3ncc(C(O)c4cccc(CC(F)C(=O)O)c4)[nH]3)c2)ccc2[nH]ccc12. The molecule has 0 aliphatic carbocycles. The van der Waals surface area contributed by atoms with E-state index in [9.17, 15) is 14.3 Å². The number of benzene rings is 3. The standard InChI is InChI=1S/C28H24FN3O4/c1-16-21-10-11-30-23(21)8-9-25(16)36-20-7-3-6-19(14-20)27-31-15-24(32-27)26(33)18-5-2-4-17(12-18)13-22(29)28(34)35/h2-12,14-15,22,26,30,33H,13H2,1H3,(H,31,32)(H,34,35). The van der Waals surface area contributed by atoms with E-state index >= 15 is 0 Å². The van der Waals surface area contributed by atoms with Crippen LogP contribution in [-0.4, -0.2) is 37.3 Å². The van der Waals surface area contributed by atoms with Crippen molar-refractivity contribution in [3.8, 4) is 22.9 Å². The Hall–Kier alpha value is -4.43. The van der Waals surface area contributed by atoms with Gasteiger partial charge in [-0.25, -0.2) is 14.2 Å². The lowest BCUT2D eigenvalue weighted by Gasteiger charge is -2.12. The Bertz CT molecular complexity index is 1540. The Labute approximate surface area is 206 Å². The summed E-state index contributed by atoms with van der Waals surface area (Å²) in [6, 6.07) is 20.0. The van der Waals surface area contributed by atoms with Gasteiger partial charge in [-0.3, -0.25) is 0 Å². The zero-order valence-electron chi connectivity index (χ0n) is 19.4. The molecule has 0 bridgehead atoms. The van der Waals surface area contributed by atoms with Crippen molar-refractivity contribution in [3.05, 3.63) is 102 Å². The van der Waals surface area contributed by atoms with Crippen molar-refractivity contribution in [1.29, 1.82) is 0 Å². The highest BCUT2D eigenvalue weighted by molar-refractivity contribution is 5.85. The van der Waals surface area contributed by atoms with Gasteiger partial charge in [0.1, 0.15) is 23.4 Å². The third-order valence-corrected chi connectivity index (χ3v) is 6.13. The highest BCUT2D eigenvalue weighted by Gasteiger charge is 2.19. The van der Waals surface area contributed by atoms with E-state index in [0.717, 1.165) is 27.8 Å². The number of hydrogen-bond donors (Lipinski definition) is 4. The predicted octanol–water partition coefficient (Wildman–Crippen LogP) is 5.71. The molecule has 0 fully saturated rings. The molecule has 0 saturated carbocycles. The van der Waals surface area contributed by atoms with Gasteiger partial charge in [0.05, 0.1) is 11.9 Å². The Balaban J connectivity index is 1.35. The molecule has 2 atom stereocenters. The molecule has 7 nitrogen and oxygen atoms in total. The lowest BCUT2D eigenvalue weighted by molar-refractivity contribution is -0.142. The molecule has 2 aromatic heterocycles. The number of nitrogens with one attached hydrogen (secondary N) is 2. The number of rotatable bonds is 8. The normalized spacial score (nSPS) is 13.0. The maximum absolute atomic E-state index is 13.6. The maximum Gasteiger partial charge on any atom is 0.338 e. The van der Waals surface area contributed by atoms with Gasteiger partial charge in [0.25, 0.3) is 0 Å². The summed E-state index contributed by atoms with van der Waals surface area (Å²) in [7, 11) is 0. The predicted molar refractivity (Wildman–Crippen MR) is 134 cm³/mol. The van der Waals surface area contributed by atoms with E-state index in [2.05, 4.69) is 15.0 Å². The van der Waals surface area contributed by atoms with Gasteiger partial charge in [-0.2, -0.15) is 0 Å². The average molecular weight is 486 g/mol. The molecule has 2 heterocycles. The van der Waals surface area contributed by atoms with Crippen LogP contribution in [0.25, 0.3) is 22.3 Å². The number of alkyl halides is 1. The van der Waals surface area contributed by atoms with E-state index in [1.54, 1.807) is 30.5 Å². The lowest BCUT2D eigenvalue weighted by atomic mass is 10.0. The molecule has 4 N–H and O–H groups in total. The molecule has 36 heavy (non-hydrogen) atoms. The number of fused-ring (bicyclic) bond motifs is 1. The van der Waals surface area contributed by atoms with Crippen molar-refractivity contribution in [1.82, 2.24) is 15.0 Å². The number of nitrogens with zero attached hydrogens (tertiary/aromatic N) is 1. The first kappa shape index (κ1) is 23.3. The number of carboxylic acid groups (broad SMARTS) is 1. The van der Waals surface area contributed by atoms with Gasteiger partial charge in [-0.05, 0) is 48.4 Å². The smallest absolute Gasteiger partial charge is 0.338 e. The first-order valence-electron chi connectivity index (χ1n) is 11.4. The minimum absolute atomic E-state index is 0.270. The highest BCUT2D eigenvalue weighted by Crippen LogP contribution is 2.32. The van der Waals surface area contributed by atoms with Crippen LogP contribution in [0, 0.1) is 6.92 Å². The second-order valence-corrected chi connectivity index (χ2v) is 8.60. The number of halogens is 1. The van der Waals surface area contributed by atoms with Gasteiger partial charge in [-0.1, -0.05) is 36.4 Å². The van der Waals surface area contributed by atoms with Crippen molar-refractivity contribution in [2.45, 2.75) is 25.6 Å². The van der Waals surface area contributed by atoms with Crippen molar-refractivity contribution in [2.75, 3.05) is 0 Å². The molecule has 0 aliphatic heterocycles. The van der Waals surface area contributed by atoms with Crippen LogP contribution in [0.5, 0.6) is 11.5 Å². The van der Waals surface area contributed by atoms with Crippen LogP contribution in [0.3, 0.4) is 0 Å². The summed E-state index contributed by atoms with van der Waals surface area (Å²) in [5, 5.41) is 20.8. The van der Waals surface area contributed by atoms with Crippen molar-refractivity contribution < 1.29 is 24.1 Å². The summed E-state index contributed by atoms with van der Waals surface area (Å²) in [6.45, 7) is 2.01. The first-order chi connectivity index (χ1) is 17.4. The van der Waals surface area contributed by atoms with E-state index < -0.39 is 18.2 Å². The third-order valence-electron chi connectivity index (χ3n) is 6.13. The number of aromatic nitrogens is 3. The molecule has 8 heteroatoms. The van der Waals surface area contributed by atoms with Gasteiger partial charge in [0, 0.05) is 34.6 Å². The number of aromatic amines is 2. The zero-order valence-corrected chi connectivity index (χ0v) is 19.4. The number of imidazole rings is 1. The number of carbonyl (C=O) groups is 1. The van der Waals surface area contributed by atoms with E-state index in [4.69, 9.17) is 9.84 Å². The van der Waals surface area contributed by atoms with Gasteiger partial charge in [-0.15, -0.1) is 0 Å². The van der Waals surface area contributed by atoms with Crippen LogP contribution in [0.1, 0.15) is 28.5 Å². The Morgan fingerprint density at radius 2 is 1.94 bits per heavy atom. The molecule has 0 amide bonds. The largest absolute Gasteiger partial charge is 0.479 e. The molecule has 2 unspecified atom stereocenters.